The summed E-state index contributed by atoms with van der Waals surface area (Å²) in [6.07, 6.45) is 0.836. The van der Waals surface area contributed by atoms with Gasteiger partial charge >= 0.3 is 12.1 Å². The summed E-state index contributed by atoms with van der Waals surface area (Å²) in [4.78, 5) is 51.0. The van der Waals surface area contributed by atoms with Gasteiger partial charge in [-0.15, -0.1) is 22.7 Å². The van der Waals surface area contributed by atoms with E-state index in [-0.39, 0.29) is 30.9 Å². The van der Waals surface area contributed by atoms with Crippen LogP contribution < -0.4 is 16.0 Å². The highest BCUT2D eigenvalue weighted by molar-refractivity contribution is 7.09. The number of rotatable bonds is 17. The summed E-state index contributed by atoms with van der Waals surface area (Å²) in [6.45, 7) is 8.28. The number of urea groups is 1. The summed E-state index contributed by atoms with van der Waals surface area (Å²) in [5.41, 5.74) is 4.35. The summed E-state index contributed by atoms with van der Waals surface area (Å²) in [5.74, 6) is -0.277. The highest BCUT2D eigenvalue weighted by Gasteiger charge is 2.31. The summed E-state index contributed by atoms with van der Waals surface area (Å²) >= 11 is 2.95. The van der Waals surface area contributed by atoms with E-state index >= 15 is 0 Å². The van der Waals surface area contributed by atoms with Crippen molar-refractivity contribution in [1.29, 1.82) is 0 Å². The van der Waals surface area contributed by atoms with E-state index in [1.54, 1.807) is 30.1 Å². The van der Waals surface area contributed by atoms with Crippen molar-refractivity contribution in [3.63, 3.8) is 0 Å². The number of hydrogen-bond donors (Lipinski definition) is 4. The van der Waals surface area contributed by atoms with Gasteiger partial charge in [0.1, 0.15) is 12.6 Å². The van der Waals surface area contributed by atoms with Crippen LogP contribution in [0.25, 0.3) is 0 Å². The van der Waals surface area contributed by atoms with Gasteiger partial charge in [-0.3, -0.25) is 9.78 Å². The second-order valence-electron chi connectivity index (χ2n) is 13.0. The molecule has 0 spiro atoms. The Hall–Kier alpha value is -4.33. The number of amides is 4. The molecule has 13 heteroatoms. The van der Waals surface area contributed by atoms with Crippen molar-refractivity contribution in [2.75, 3.05) is 7.05 Å². The quantitative estimate of drug-likeness (QED) is 0.106. The molecule has 0 saturated carbocycles. The van der Waals surface area contributed by atoms with E-state index in [2.05, 4.69) is 39.8 Å². The number of aliphatic hydroxyl groups excluding tert-OH is 1. The Morgan fingerprint density at radius 2 is 1.56 bits per heavy atom. The van der Waals surface area contributed by atoms with E-state index in [4.69, 9.17) is 4.74 Å². The monoisotopic (exact) mass is 720 g/mol. The van der Waals surface area contributed by atoms with E-state index < -0.39 is 30.3 Å². The number of alkyl carbamates (subject to hydrolysis) is 1. The first-order valence-electron chi connectivity index (χ1n) is 16.8. The van der Waals surface area contributed by atoms with Crippen LogP contribution in [0.5, 0.6) is 0 Å². The van der Waals surface area contributed by atoms with Gasteiger partial charge in [-0.1, -0.05) is 88.4 Å². The molecule has 2 aromatic carbocycles. The maximum atomic E-state index is 13.9. The Morgan fingerprint density at radius 3 is 2.14 bits per heavy atom. The molecular formula is C37H48N6O5S2. The van der Waals surface area contributed by atoms with E-state index in [1.165, 1.54) is 16.2 Å². The Kier molecular flexibility index (Phi) is 14.7. The molecule has 2 heterocycles. The summed E-state index contributed by atoms with van der Waals surface area (Å²) in [7, 11) is 1.68. The number of benzene rings is 2. The van der Waals surface area contributed by atoms with Gasteiger partial charge in [-0.25, -0.2) is 14.6 Å². The van der Waals surface area contributed by atoms with Gasteiger partial charge in [-0.05, 0) is 36.3 Å². The molecule has 4 amide bonds. The van der Waals surface area contributed by atoms with Gasteiger partial charge in [0.05, 0.1) is 39.8 Å². The fourth-order valence-corrected chi connectivity index (χ4v) is 6.72. The normalized spacial score (nSPS) is 13.7. The molecule has 0 saturated heterocycles. The molecule has 0 bridgehead atoms. The zero-order chi connectivity index (χ0) is 36.0. The minimum Gasteiger partial charge on any atom is -0.444 e. The Balaban J connectivity index is 1.46. The van der Waals surface area contributed by atoms with Crippen molar-refractivity contribution in [1.82, 2.24) is 30.8 Å². The van der Waals surface area contributed by atoms with Gasteiger partial charge in [0.15, 0.2) is 0 Å². The van der Waals surface area contributed by atoms with Crippen LogP contribution in [-0.4, -0.2) is 69.3 Å². The van der Waals surface area contributed by atoms with E-state index in [1.807, 2.05) is 79.9 Å². The molecule has 4 N–H and O–H groups in total. The molecule has 0 radical (unpaired) electrons. The average Bonchev–Trinajstić information content (AvgIpc) is 3.79. The molecule has 268 valence electrons. The third kappa shape index (κ3) is 12.2. The maximum Gasteiger partial charge on any atom is 0.407 e. The second kappa shape index (κ2) is 19.2. The van der Waals surface area contributed by atoms with Crippen LogP contribution >= 0.6 is 22.7 Å². The number of carbonyl (C=O) groups is 3. The number of nitrogens with one attached hydrogen (secondary N) is 3. The largest absolute Gasteiger partial charge is 0.444 e. The number of nitrogens with zero attached hydrogens (tertiary/aromatic N) is 3. The Morgan fingerprint density at radius 1 is 0.900 bits per heavy atom. The van der Waals surface area contributed by atoms with Crippen molar-refractivity contribution >= 4 is 40.7 Å². The first-order chi connectivity index (χ1) is 24.0. The number of hydrogen-bond acceptors (Lipinski definition) is 9. The fourth-order valence-electron chi connectivity index (χ4n) is 5.39. The Bertz CT molecular complexity index is 1620. The number of thiazole rings is 2. The van der Waals surface area contributed by atoms with Crippen molar-refractivity contribution in [2.24, 2.45) is 5.92 Å². The zero-order valence-corrected chi connectivity index (χ0v) is 30.9. The lowest BCUT2D eigenvalue weighted by molar-refractivity contribution is -0.124. The molecule has 2 aromatic heterocycles. The third-order valence-corrected chi connectivity index (χ3v) is 10.1. The predicted molar refractivity (Wildman–Crippen MR) is 197 cm³/mol. The smallest absolute Gasteiger partial charge is 0.407 e. The highest BCUT2D eigenvalue weighted by atomic mass is 32.1. The van der Waals surface area contributed by atoms with Gasteiger partial charge in [0.25, 0.3) is 0 Å². The summed E-state index contributed by atoms with van der Waals surface area (Å²) in [5, 5.41) is 23.5. The van der Waals surface area contributed by atoms with Gasteiger partial charge in [-0.2, -0.15) is 0 Å². The first-order valence-corrected chi connectivity index (χ1v) is 18.6. The Labute approximate surface area is 302 Å². The van der Waals surface area contributed by atoms with Crippen molar-refractivity contribution in [2.45, 2.75) is 90.3 Å². The number of aromatic nitrogens is 2. The van der Waals surface area contributed by atoms with Crippen LogP contribution in [0, 0.1) is 5.92 Å². The molecule has 0 aliphatic heterocycles. The highest BCUT2D eigenvalue weighted by Crippen LogP contribution is 2.20. The third-order valence-electron chi connectivity index (χ3n) is 8.13. The lowest BCUT2D eigenvalue weighted by atomic mass is 9.93. The van der Waals surface area contributed by atoms with Crippen LogP contribution in [0.1, 0.15) is 66.7 Å². The number of aliphatic hydroxyl groups is 1. The number of ether oxygens (including phenoxy) is 1. The second-order valence-corrected chi connectivity index (χ2v) is 14.9. The van der Waals surface area contributed by atoms with Gasteiger partial charge in [0, 0.05) is 30.6 Å². The minimum absolute atomic E-state index is 0.0671. The SMILES string of the molecule is CC(C)c1nc(CN(C)C(=O)N[C@@H](C(=O)N[C@H](Cc2ccccc2)C[C@H](O)[C@H](Cc2ccccc2)NC(=O)OCc2cncs2)C(C)C)cs1. The van der Waals surface area contributed by atoms with Crippen LogP contribution in [0.3, 0.4) is 0 Å². The van der Waals surface area contributed by atoms with E-state index in [0.29, 0.717) is 25.3 Å². The molecular weight excluding hydrogens is 673 g/mol. The lowest BCUT2D eigenvalue weighted by Gasteiger charge is -2.30. The lowest BCUT2D eigenvalue weighted by Crippen LogP contribution is -2.55. The van der Waals surface area contributed by atoms with Crippen molar-refractivity contribution in [3.8, 4) is 0 Å². The van der Waals surface area contributed by atoms with Crippen molar-refractivity contribution in [3.05, 3.63) is 104 Å². The van der Waals surface area contributed by atoms with Crippen LogP contribution in [0.2, 0.25) is 0 Å². The summed E-state index contributed by atoms with van der Waals surface area (Å²) < 4.78 is 5.42. The number of carbonyl (C=O) groups excluding carboxylic acids is 3. The van der Waals surface area contributed by atoms with E-state index in [9.17, 15) is 19.5 Å². The molecule has 0 fully saturated rings. The maximum absolute atomic E-state index is 13.9. The molecule has 50 heavy (non-hydrogen) atoms. The molecule has 0 aliphatic carbocycles. The standard InChI is InChI=1S/C37H48N6O5S2/c1-24(2)33(42-36(46)43(5)20-29-22-49-35(40-29)25(3)4)34(45)39-28(16-26-12-8-6-9-13-26)18-32(44)31(17-27-14-10-7-11-15-27)41-37(47)48-21-30-19-38-23-50-30/h6-15,19,22-25,28,31-33,44H,16-18,20-21H2,1-5H3,(H,39,45)(H,41,47)(H,42,46)/t28-,31+,32+,33-/m1/s1. The first kappa shape index (κ1) is 38.5. The predicted octanol–water partition coefficient (Wildman–Crippen LogP) is 5.91. The van der Waals surface area contributed by atoms with Gasteiger partial charge < -0.3 is 30.7 Å². The molecule has 0 aliphatic rings. The molecule has 0 unspecified atom stereocenters. The molecule has 4 aromatic rings. The summed E-state index contributed by atoms with van der Waals surface area (Å²) in [6, 6.07) is 16.8. The molecule has 4 atom stereocenters. The van der Waals surface area contributed by atoms with Crippen molar-refractivity contribution < 1.29 is 24.2 Å². The van der Waals surface area contributed by atoms with E-state index in [0.717, 1.165) is 26.7 Å². The van der Waals surface area contributed by atoms with Crippen LogP contribution in [-0.2, 0) is 35.5 Å². The minimum atomic E-state index is -1.05. The topological polar surface area (TPSA) is 146 Å². The average molecular weight is 721 g/mol. The van der Waals surface area contributed by atoms with Crippen LogP contribution in [0.15, 0.2) is 77.8 Å². The zero-order valence-electron chi connectivity index (χ0n) is 29.2. The van der Waals surface area contributed by atoms with Crippen LogP contribution in [0.4, 0.5) is 9.59 Å². The van der Waals surface area contributed by atoms with Gasteiger partial charge in [0.2, 0.25) is 5.91 Å². The molecule has 4 rings (SSSR count). The fraction of sp³-hybridized carbons (Fsp3) is 0.432. The molecule has 11 nitrogen and oxygen atoms in total.